The molecule has 1 aliphatic heterocycles. The van der Waals surface area contributed by atoms with Crippen LogP contribution in [-0.4, -0.2) is 257 Å². The first-order valence-electron chi connectivity index (χ1n) is 29.8. The molecule has 2 rings (SSSR count). The molecule has 0 bridgehead atoms. The molecule has 34 nitrogen and oxygen atoms in total. The highest BCUT2D eigenvalue weighted by atomic mass is 32.2. The summed E-state index contributed by atoms with van der Waals surface area (Å²) in [5.41, 5.74) is 16.9. The standard InChI is InChI=1S/C56H92N14O20S/c1-39(71)91-38-51(78)65-36-49(76)64-35-48(75)63-34-47(74)61-15-17-84-19-21-86-23-25-88-27-29-90-31-30-89-28-26-87-24-22-85-20-18-83-16-12-46(73)60-13-6-5-10-42-53(80)70-43(32-40-8-3-2-4-9-40)54(81)68-41(11-7-14-62-56(58)59)52(79)66-37-50(77)67-44(33-45(57)72)55(82)69-42/h2-4,8-9,41-44H,5-7,10-38H2,1H3,(H2,57,72)(H,60,73)(H,61,74)(H,63,75)(H,64,76)(H,65,78)(H,66,79)(H,67,77)(H,68,81)(H,69,82)(H,70,80)(H4,58,59,62)/t41-,42-,43-,44-/m0/s1. The van der Waals surface area contributed by atoms with Gasteiger partial charge in [0, 0.05) is 39.4 Å². The van der Waals surface area contributed by atoms with Gasteiger partial charge < -0.3 is 108 Å². The van der Waals surface area contributed by atoms with Gasteiger partial charge in [-0.2, -0.15) is 0 Å². The number of ether oxygens (including phenoxy) is 8. The lowest BCUT2D eigenvalue weighted by Crippen LogP contribution is -2.58. The smallest absolute Gasteiger partial charge is 0.243 e. The van der Waals surface area contributed by atoms with Crippen LogP contribution in [0, 0.1) is 0 Å². The molecule has 0 radical (unpaired) electrons. The molecule has 1 saturated heterocycles. The molecule has 16 N–H and O–H groups in total. The molecule has 0 unspecified atom stereocenters. The summed E-state index contributed by atoms with van der Waals surface area (Å²) in [6, 6.07) is 3.57. The normalized spacial score (nSPS) is 16.3. The minimum Gasteiger partial charge on any atom is -0.379 e. The molecule has 512 valence electrons. The van der Waals surface area contributed by atoms with E-state index in [1.807, 2.05) is 0 Å². The number of primary amides is 1. The van der Waals surface area contributed by atoms with Gasteiger partial charge in [0.15, 0.2) is 11.1 Å². The maximum atomic E-state index is 14.0. The minimum atomic E-state index is -1.51. The van der Waals surface area contributed by atoms with Crippen LogP contribution < -0.4 is 70.4 Å². The van der Waals surface area contributed by atoms with Crippen molar-refractivity contribution in [3.05, 3.63) is 35.9 Å². The van der Waals surface area contributed by atoms with Crippen LogP contribution in [0.15, 0.2) is 35.3 Å². The van der Waals surface area contributed by atoms with Crippen LogP contribution in [0.2, 0.25) is 0 Å². The maximum absolute atomic E-state index is 14.0. The number of aliphatic imine (C=N–C) groups is 1. The highest BCUT2D eigenvalue weighted by Gasteiger charge is 2.33. The fourth-order valence-corrected chi connectivity index (χ4v) is 8.10. The number of carbonyl (C=O) groups excluding carboxylic acids is 12. The van der Waals surface area contributed by atoms with Crippen LogP contribution in [-0.2, 0) is 102 Å². The van der Waals surface area contributed by atoms with Crippen molar-refractivity contribution in [2.24, 2.45) is 22.2 Å². The molecule has 1 fully saturated rings. The summed E-state index contributed by atoms with van der Waals surface area (Å²) in [7, 11) is 0. The molecule has 1 aromatic carbocycles. The van der Waals surface area contributed by atoms with Crippen LogP contribution in [0.3, 0.4) is 0 Å². The number of benzene rings is 1. The summed E-state index contributed by atoms with van der Waals surface area (Å²) in [6.07, 6.45) is 0.451. The lowest BCUT2D eigenvalue weighted by Gasteiger charge is -2.26. The summed E-state index contributed by atoms with van der Waals surface area (Å²) in [5.74, 6) is -7.59. The lowest BCUT2D eigenvalue weighted by atomic mass is 10.0. The van der Waals surface area contributed by atoms with Gasteiger partial charge >= 0.3 is 0 Å². The second kappa shape index (κ2) is 51.0. The number of rotatable bonds is 48. The van der Waals surface area contributed by atoms with Gasteiger partial charge in [-0.25, -0.2) is 0 Å². The molecular formula is C56H92N14O20S. The Morgan fingerprint density at radius 2 is 0.934 bits per heavy atom. The van der Waals surface area contributed by atoms with Crippen LogP contribution >= 0.6 is 11.8 Å². The molecule has 1 aromatic rings. The zero-order valence-corrected chi connectivity index (χ0v) is 52.4. The van der Waals surface area contributed by atoms with E-state index in [0.29, 0.717) is 97.7 Å². The predicted molar refractivity (Wildman–Crippen MR) is 328 cm³/mol. The summed E-state index contributed by atoms with van der Waals surface area (Å²) in [6.45, 7) is 5.35. The quantitative estimate of drug-likeness (QED) is 0.0164. The number of amides is 11. The molecular weight excluding hydrogens is 1220 g/mol. The van der Waals surface area contributed by atoms with Gasteiger partial charge in [-0.05, 0) is 37.7 Å². The average molecular weight is 1310 g/mol. The Morgan fingerprint density at radius 3 is 1.45 bits per heavy atom. The predicted octanol–water partition coefficient (Wildman–Crippen LogP) is -6.22. The van der Waals surface area contributed by atoms with E-state index in [-0.39, 0.29) is 121 Å². The van der Waals surface area contributed by atoms with Gasteiger partial charge in [-0.3, -0.25) is 62.5 Å². The molecule has 0 saturated carbocycles. The molecule has 1 aliphatic rings. The first kappa shape index (κ1) is 79.5. The monoisotopic (exact) mass is 1310 g/mol. The Labute approximate surface area is 532 Å². The number of hydrogen-bond acceptors (Lipinski definition) is 22. The molecule has 35 heteroatoms. The Morgan fingerprint density at radius 1 is 0.495 bits per heavy atom. The molecule has 0 aliphatic carbocycles. The number of guanidine groups is 1. The first-order chi connectivity index (χ1) is 43.8. The van der Waals surface area contributed by atoms with Crippen molar-refractivity contribution in [3.63, 3.8) is 0 Å². The van der Waals surface area contributed by atoms with Crippen molar-refractivity contribution in [3.8, 4) is 0 Å². The number of thioether (sulfide) groups is 1. The van der Waals surface area contributed by atoms with E-state index < -0.39 is 96.2 Å². The van der Waals surface area contributed by atoms with Gasteiger partial charge in [0.2, 0.25) is 65.0 Å². The van der Waals surface area contributed by atoms with Gasteiger partial charge in [0.25, 0.3) is 0 Å². The molecule has 4 atom stereocenters. The number of nitrogens with one attached hydrogen (secondary N) is 10. The summed E-state index contributed by atoms with van der Waals surface area (Å²) < 4.78 is 43.8. The van der Waals surface area contributed by atoms with Crippen LogP contribution in [0.1, 0.15) is 57.4 Å². The third kappa shape index (κ3) is 43.7. The van der Waals surface area contributed by atoms with E-state index in [1.165, 1.54) is 6.92 Å². The third-order valence-corrected chi connectivity index (χ3v) is 13.1. The van der Waals surface area contributed by atoms with Crippen LogP contribution in [0.25, 0.3) is 0 Å². The topological polar surface area (TPSA) is 489 Å². The Balaban J connectivity index is 1.52. The van der Waals surface area contributed by atoms with Crippen molar-refractivity contribution in [2.75, 3.05) is 157 Å². The Bertz CT molecular complexity index is 2410. The van der Waals surface area contributed by atoms with Gasteiger partial charge in [-0.15, -0.1) is 0 Å². The first-order valence-corrected chi connectivity index (χ1v) is 30.8. The Hall–Kier alpha value is -7.64. The zero-order chi connectivity index (χ0) is 66.7. The van der Waals surface area contributed by atoms with Gasteiger partial charge in [0.05, 0.1) is 144 Å². The van der Waals surface area contributed by atoms with Crippen molar-refractivity contribution in [1.82, 2.24) is 53.2 Å². The highest BCUT2D eigenvalue weighted by Crippen LogP contribution is 2.10. The summed E-state index contributed by atoms with van der Waals surface area (Å²) >= 11 is 0.808. The number of carbonyl (C=O) groups is 12. The largest absolute Gasteiger partial charge is 0.379 e. The van der Waals surface area contributed by atoms with Crippen LogP contribution in [0.4, 0.5) is 0 Å². The van der Waals surface area contributed by atoms with Gasteiger partial charge in [-0.1, -0.05) is 42.1 Å². The number of nitrogens with zero attached hydrogens (tertiary/aromatic N) is 1. The summed E-state index contributed by atoms with van der Waals surface area (Å²) in [5, 5.41) is 24.9. The fourth-order valence-electron chi connectivity index (χ4n) is 7.66. The van der Waals surface area contributed by atoms with E-state index in [1.54, 1.807) is 30.3 Å². The van der Waals surface area contributed by atoms with Crippen LogP contribution in [0.5, 0.6) is 0 Å². The SMILES string of the molecule is CC(=O)SCC(=O)NCC(=O)NCC(=O)NCC(=O)NCCOCCOCCOCCOCCOCCOCCOCCOCCC(=O)NCCCC[C@@H]1NC(=O)[C@H](CC(N)=O)NC(=O)CNC(=O)[C@H](CCCN=C(N)N)NC(=O)[C@H](Cc2ccccc2)NC1=O. The molecule has 0 aromatic heterocycles. The molecule has 91 heavy (non-hydrogen) atoms. The van der Waals surface area contributed by atoms with Crippen molar-refractivity contribution < 1.29 is 95.4 Å². The van der Waals surface area contributed by atoms with E-state index >= 15 is 0 Å². The van der Waals surface area contributed by atoms with Crippen molar-refractivity contribution in [1.29, 1.82) is 0 Å². The second-order valence-electron chi connectivity index (χ2n) is 19.8. The summed E-state index contributed by atoms with van der Waals surface area (Å²) in [4.78, 5) is 154. The van der Waals surface area contributed by atoms with Gasteiger partial charge in [0.1, 0.15) is 24.2 Å². The third-order valence-electron chi connectivity index (χ3n) is 12.2. The van der Waals surface area contributed by atoms with E-state index in [4.69, 9.17) is 55.1 Å². The molecule has 1 heterocycles. The fraction of sp³-hybridized carbons (Fsp3) is 0.661. The van der Waals surface area contributed by atoms with E-state index in [9.17, 15) is 57.5 Å². The molecule has 0 spiro atoms. The average Bonchev–Trinajstić information content (AvgIpc) is 2.25. The Kier molecular flexibility index (Phi) is 44.6. The van der Waals surface area contributed by atoms with E-state index in [0.717, 1.165) is 11.8 Å². The number of nitrogens with two attached hydrogens (primary N) is 3. The minimum absolute atomic E-state index is 0.00220. The number of hydrogen-bond donors (Lipinski definition) is 13. The second-order valence-corrected chi connectivity index (χ2v) is 20.9. The molecule has 11 amide bonds. The lowest BCUT2D eigenvalue weighted by molar-refractivity contribution is -0.134. The van der Waals surface area contributed by atoms with Crippen molar-refractivity contribution in [2.45, 2.75) is 82.5 Å². The highest BCUT2D eigenvalue weighted by molar-refractivity contribution is 8.14. The maximum Gasteiger partial charge on any atom is 0.243 e. The van der Waals surface area contributed by atoms with Crippen molar-refractivity contribution >= 4 is 87.8 Å². The zero-order valence-electron chi connectivity index (χ0n) is 51.6. The van der Waals surface area contributed by atoms with E-state index in [2.05, 4.69) is 58.2 Å². The number of unbranched alkanes of at least 4 members (excludes halogenated alkanes) is 1.